The van der Waals surface area contributed by atoms with Crippen LogP contribution in [0.2, 0.25) is 0 Å². The minimum absolute atomic E-state index is 0.225. The van der Waals surface area contributed by atoms with Gasteiger partial charge >= 0.3 is 6.09 Å². The van der Waals surface area contributed by atoms with Gasteiger partial charge in [0.25, 0.3) is 0 Å². The van der Waals surface area contributed by atoms with Crippen LogP contribution in [-0.2, 0) is 14.4 Å². The molecule has 1 unspecified atom stereocenters. The predicted molar refractivity (Wildman–Crippen MR) is 98.8 cm³/mol. The Hall–Kier alpha value is -2.23. The number of thioether (sulfide) groups is 1. The quantitative estimate of drug-likeness (QED) is 0.449. The third-order valence-electron chi connectivity index (χ3n) is 3.60. The first-order valence-electron chi connectivity index (χ1n) is 8.34. The van der Waals surface area contributed by atoms with Gasteiger partial charge < -0.3 is 26.4 Å². The van der Waals surface area contributed by atoms with E-state index in [9.17, 15) is 19.2 Å². The van der Waals surface area contributed by atoms with E-state index < -0.39 is 30.1 Å². The Morgan fingerprint density at radius 2 is 2.04 bits per heavy atom. The first-order valence-corrected chi connectivity index (χ1v) is 9.50. The number of rotatable bonds is 4. The van der Waals surface area contributed by atoms with Gasteiger partial charge in [-0.05, 0) is 12.8 Å². The molecule has 1 aliphatic heterocycles. The Labute approximate surface area is 156 Å². The average molecular weight is 386 g/mol. The first-order chi connectivity index (χ1) is 12.2. The molecular formula is C16H26N4O5S. The Balaban J connectivity index is 2.83. The lowest BCUT2D eigenvalue weighted by molar-refractivity contribution is -0.130. The van der Waals surface area contributed by atoms with Crippen LogP contribution in [0.25, 0.3) is 0 Å². The molecule has 0 aromatic heterocycles. The van der Waals surface area contributed by atoms with Crippen molar-refractivity contribution in [2.24, 2.45) is 5.92 Å². The molecule has 146 valence electrons. The molecule has 1 aliphatic rings. The van der Waals surface area contributed by atoms with E-state index in [1.807, 2.05) is 0 Å². The lowest BCUT2D eigenvalue weighted by Gasteiger charge is -2.25. The van der Waals surface area contributed by atoms with E-state index in [1.54, 1.807) is 26.8 Å². The molecule has 1 heterocycles. The summed E-state index contributed by atoms with van der Waals surface area (Å²) in [6.45, 7) is 5.58. The average Bonchev–Trinajstić information content (AvgIpc) is 2.54. The molecule has 5 N–H and O–H groups in total. The van der Waals surface area contributed by atoms with Gasteiger partial charge in [-0.15, -0.1) is 0 Å². The van der Waals surface area contributed by atoms with Crippen LogP contribution in [0.1, 0.15) is 20.8 Å². The molecule has 0 radical (unpaired) electrons. The monoisotopic (exact) mass is 386 g/mol. The van der Waals surface area contributed by atoms with Crippen molar-refractivity contribution < 1.29 is 24.3 Å². The highest BCUT2D eigenvalue weighted by Crippen LogP contribution is 2.07. The van der Waals surface area contributed by atoms with E-state index >= 15 is 0 Å². The summed E-state index contributed by atoms with van der Waals surface area (Å²) in [7, 11) is 0. The summed E-state index contributed by atoms with van der Waals surface area (Å²) < 4.78 is 0. The highest BCUT2D eigenvalue weighted by Gasteiger charge is 2.29. The molecule has 26 heavy (non-hydrogen) atoms. The van der Waals surface area contributed by atoms with Gasteiger partial charge in [0.2, 0.25) is 17.7 Å². The van der Waals surface area contributed by atoms with Gasteiger partial charge in [-0.1, -0.05) is 19.9 Å². The second-order valence-electron chi connectivity index (χ2n) is 6.25. The number of hydrogen-bond donors (Lipinski definition) is 5. The van der Waals surface area contributed by atoms with Crippen molar-refractivity contribution in [2.45, 2.75) is 38.9 Å². The largest absolute Gasteiger partial charge is 0.465 e. The van der Waals surface area contributed by atoms with Crippen LogP contribution in [0.4, 0.5) is 4.79 Å². The van der Waals surface area contributed by atoms with E-state index in [2.05, 4.69) is 21.3 Å². The normalized spacial score (nSPS) is 24.3. The zero-order chi connectivity index (χ0) is 19.7. The van der Waals surface area contributed by atoms with Crippen LogP contribution in [0.3, 0.4) is 0 Å². The second kappa shape index (κ2) is 10.7. The van der Waals surface area contributed by atoms with Crippen molar-refractivity contribution in [3.05, 3.63) is 12.2 Å². The Bertz CT molecular complexity index is 567. The van der Waals surface area contributed by atoms with Crippen molar-refractivity contribution in [3.63, 3.8) is 0 Å². The van der Waals surface area contributed by atoms with Gasteiger partial charge in [0.15, 0.2) is 0 Å². The summed E-state index contributed by atoms with van der Waals surface area (Å²) in [6.07, 6.45) is 1.62. The number of carbonyl (C=O) groups excluding carboxylic acids is 3. The first kappa shape index (κ1) is 21.8. The number of amides is 4. The van der Waals surface area contributed by atoms with Crippen LogP contribution in [0.15, 0.2) is 12.2 Å². The molecule has 0 saturated carbocycles. The zero-order valence-corrected chi connectivity index (χ0v) is 15.9. The van der Waals surface area contributed by atoms with E-state index in [-0.39, 0.29) is 17.7 Å². The van der Waals surface area contributed by atoms with E-state index in [4.69, 9.17) is 5.11 Å². The Morgan fingerprint density at radius 1 is 1.35 bits per heavy atom. The molecule has 1 rings (SSSR count). The van der Waals surface area contributed by atoms with Gasteiger partial charge in [-0.25, -0.2) is 4.79 Å². The van der Waals surface area contributed by atoms with Gasteiger partial charge in [0.05, 0.1) is 0 Å². The summed E-state index contributed by atoms with van der Waals surface area (Å²) >= 11 is 1.41. The molecule has 0 saturated heterocycles. The maximum Gasteiger partial charge on any atom is 0.405 e. The van der Waals surface area contributed by atoms with Crippen molar-refractivity contribution in [1.29, 1.82) is 0 Å². The van der Waals surface area contributed by atoms with Gasteiger partial charge in [-0.2, -0.15) is 11.8 Å². The summed E-state index contributed by atoms with van der Waals surface area (Å²) in [5.74, 6) is -0.548. The number of nitrogens with one attached hydrogen (secondary N) is 4. The van der Waals surface area contributed by atoms with Crippen molar-refractivity contribution in [1.82, 2.24) is 21.3 Å². The fraction of sp³-hybridized carbons (Fsp3) is 0.625. The van der Waals surface area contributed by atoms with Crippen LogP contribution < -0.4 is 21.3 Å². The topological polar surface area (TPSA) is 137 Å². The summed E-state index contributed by atoms with van der Waals surface area (Å²) in [4.78, 5) is 47.3. The lowest BCUT2D eigenvalue weighted by atomic mass is 10.0. The summed E-state index contributed by atoms with van der Waals surface area (Å²) in [5.41, 5.74) is 0. The van der Waals surface area contributed by atoms with E-state index in [0.29, 0.717) is 18.1 Å². The maximum absolute atomic E-state index is 12.5. The number of carboxylic acid groups (broad SMARTS) is 1. The second-order valence-corrected chi connectivity index (χ2v) is 7.40. The van der Waals surface area contributed by atoms with E-state index in [1.165, 1.54) is 17.8 Å². The smallest absolute Gasteiger partial charge is 0.405 e. The fourth-order valence-electron chi connectivity index (χ4n) is 2.22. The van der Waals surface area contributed by atoms with Crippen LogP contribution in [0.5, 0.6) is 0 Å². The zero-order valence-electron chi connectivity index (χ0n) is 15.1. The molecule has 0 aromatic rings. The van der Waals surface area contributed by atoms with Crippen LogP contribution in [0, 0.1) is 5.92 Å². The fourth-order valence-corrected chi connectivity index (χ4v) is 3.11. The van der Waals surface area contributed by atoms with Crippen LogP contribution >= 0.6 is 11.8 Å². The minimum Gasteiger partial charge on any atom is -0.465 e. The molecule has 4 amide bonds. The Kier molecular flexibility index (Phi) is 8.97. The van der Waals surface area contributed by atoms with Crippen molar-refractivity contribution in [3.8, 4) is 0 Å². The van der Waals surface area contributed by atoms with Gasteiger partial charge in [-0.3, -0.25) is 14.4 Å². The highest BCUT2D eigenvalue weighted by atomic mass is 32.2. The molecular weight excluding hydrogens is 360 g/mol. The van der Waals surface area contributed by atoms with Crippen molar-refractivity contribution in [2.75, 3.05) is 18.1 Å². The van der Waals surface area contributed by atoms with Gasteiger partial charge in [0, 0.05) is 30.2 Å². The SMILES string of the molecule is CC(C)C(NC(=O)O)C(=O)N[C@H]1CSCCNC(=O)/C=C/[C@H](C)NC1=O. The molecule has 10 heteroatoms. The molecule has 3 atom stereocenters. The molecule has 0 aliphatic carbocycles. The molecule has 0 bridgehead atoms. The van der Waals surface area contributed by atoms with Crippen LogP contribution in [-0.4, -0.2) is 65.1 Å². The lowest BCUT2D eigenvalue weighted by Crippen LogP contribution is -2.56. The maximum atomic E-state index is 12.5. The standard InChI is InChI=1S/C16H26N4O5S/c1-9(2)13(20-16(24)25)15(23)19-11-8-26-7-6-17-12(21)5-4-10(3)18-14(11)22/h4-5,9-11,13,20H,6-8H2,1-3H3,(H,17,21)(H,18,22)(H,19,23)(H,24,25)/b5-4+/t10-,11-,13?/m0/s1. The molecule has 0 fully saturated rings. The highest BCUT2D eigenvalue weighted by molar-refractivity contribution is 7.99. The summed E-state index contributed by atoms with van der Waals surface area (Å²) in [6, 6.07) is -2.16. The number of carbonyl (C=O) groups is 4. The number of hydrogen-bond acceptors (Lipinski definition) is 5. The molecule has 9 nitrogen and oxygen atoms in total. The minimum atomic E-state index is -1.30. The van der Waals surface area contributed by atoms with Crippen molar-refractivity contribution >= 4 is 35.6 Å². The molecule has 0 spiro atoms. The van der Waals surface area contributed by atoms with E-state index in [0.717, 1.165) is 0 Å². The summed E-state index contributed by atoms with van der Waals surface area (Å²) in [5, 5.41) is 19.1. The predicted octanol–water partition coefficient (Wildman–Crippen LogP) is -0.313. The van der Waals surface area contributed by atoms with Gasteiger partial charge in [0.1, 0.15) is 12.1 Å². The molecule has 0 aromatic carbocycles. The Morgan fingerprint density at radius 3 is 2.65 bits per heavy atom. The third kappa shape index (κ3) is 7.77. The third-order valence-corrected chi connectivity index (χ3v) is 4.66.